The quantitative estimate of drug-likeness (QED) is 0.173. The molecule has 0 aliphatic rings. The van der Waals surface area contributed by atoms with Crippen LogP contribution in [0.1, 0.15) is 108 Å². The molecule has 7 aromatic carbocycles. The molecule has 0 aliphatic heterocycles. The highest BCUT2D eigenvalue weighted by Gasteiger charge is 2.31. The second-order valence-corrected chi connectivity index (χ2v) is 22.4. The molecule has 0 saturated heterocycles. The van der Waals surface area contributed by atoms with Gasteiger partial charge in [0.05, 0.1) is 30.7 Å². The number of rotatable bonds is 7. The number of pyridine rings is 1. The molecule has 2 aromatic heterocycles. The fourth-order valence-electron chi connectivity index (χ4n) is 9.14. The minimum absolute atomic E-state index is 0.175. The number of benzene rings is 7. The molecule has 0 bridgehead atoms. The van der Waals surface area contributed by atoms with Crippen LogP contribution >= 0.6 is 0 Å². The molecule has 0 spiro atoms. The van der Waals surface area contributed by atoms with Crippen molar-refractivity contribution in [2.24, 2.45) is 0 Å². The third-order valence-corrected chi connectivity index (χ3v) is 13.2. The van der Waals surface area contributed by atoms with E-state index in [2.05, 4.69) is 209 Å². The van der Waals surface area contributed by atoms with E-state index >= 15 is 0 Å². The Morgan fingerprint density at radius 3 is 1.50 bits per heavy atom. The topological polar surface area (TPSA) is 50.9 Å². The first-order valence-corrected chi connectivity index (χ1v) is 23.9. The van der Waals surface area contributed by atoms with Crippen molar-refractivity contribution in [2.45, 2.75) is 105 Å². The SMILES string of the molecule is [2H]c1cnc(-c2cc(-c3cccc4c3nc(-c3cc(C(C)(C)C)cc(C(C)(C)C)c3O)n4-c3c(-c4ccccc4)cc(C(C)(C)C)cc3-c3ccccc3)cc(C(C)(C)C)c2)c([2H])c1-c1ccccc1. The lowest BCUT2D eigenvalue weighted by Crippen LogP contribution is -2.17. The van der Waals surface area contributed by atoms with Crippen molar-refractivity contribution in [3.63, 3.8) is 0 Å². The fraction of sp³-hybridized carbons (Fsp3) is 0.250. The van der Waals surface area contributed by atoms with Crippen molar-refractivity contribution in [3.05, 3.63) is 192 Å². The molecule has 4 nitrogen and oxygen atoms in total. The van der Waals surface area contributed by atoms with Gasteiger partial charge in [-0.1, -0.05) is 198 Å². The highest BCUT2D eigenvalue weighted by molar-refractivity contribution is 6.00. The third kappa shape index (κ3) is 8.93. The number of aromatic nitrogens is 3. The standard InChI is InChI=1S/C64H65N3O/c1-61(2,3)47-34-45(33-46(35-47)55-36-44(31-32-65-55)41-23-16-13-17-24-41)50-29-22-30-56-57(50)66-60(53-39-49(63(7,8)9)40-54(59(53)68)64(10,11)12)67(56)58-51(42-25-18-14-19-26-42)37-48(62(4,5)6)38-52(58)43-27-20-15-21-28-43/h13-40,68H,1-12H3/i31D,36D. The predicted molar refractivity (Wildman–Crippen MR) is 288 cm³/mol. The van der Waals surface area contributed by atoms with Crippen LogP contribution in [0.2, 0.25) is 0 Å². The van der Waals surface area contributed by atoms with Crippen LogP contribution in [0.4, 0.5) is 0 Å². The van der Waals surface area contributed by atoms with E-state index in [1.807, 2.05) is 30.3 Å². The second kappa shape index (κ2) is 17.2. The van der Waals surface area contributed by atoms with E-state index in [1.54, 1.807) is 6.20 Å². The van der Waals surface area contributed by atoms with Gasteiger partial charge in [0.15, 0.2) is 0 Å². The summed E-state index contributed by atoms with van der Waals surface area (Å²) in [6.45, 7) is 26.5. The number of imidazole rings is 1. The first-order valence-electron chi connectivity index (χ1n) is 24.9. The number of aromatic hydroxyl groups is 1. The molecule has 68 heavy (non-hydrogen) atoms. The van der Waals surface area contributed by atoms with Gasteiger partial charge in [-0.2, -0.15) is 0 Å². The summed E-state index contributed by atoms with van der Waals surface area (Å²) in [4.78, 5) is 10.6. The van der Waals surface area contributed by atoms with Crippen LogP contribution in [0.25, 0.3) is 83.9 Å². The van der Waals surface area contributed by atoms with Gasteiger partial charge in [-0.15, -0.1) is 0 Å². The van der Waals surface area contributed by atoms with E-state index in [0.29, 0.717) is 22.6 Å². The van der Waals surface area contributed by atoms with E-state index in [1.165, 1.54) is 5.56 Å². The Labute approximate surface area is 407 Å². The minimum Gasteiger partial charge on any atom is -0.507 e. The summed E-state index contributed by atoms with van der Waals surface area (Å²) in [7, 11) is 0. The van der Waals surface area contributed by atoms with Crippen molar-refractivity contribution >= 4 is 11.0 Å². The molecule has 0 unspecified atom stereocenters. The molecule has 342 valence electrons. The van der Waals surface area contributed by atoms with Gasteiger partial charge in [-0.3, -0.25) is 9.55 Å². The van der Waals surface area contributed by atoms with Crippen molar-refractivity contribution < 1.29 is 7.85 Å². The zero-order valence-corrected chi connectivity index (χ0v) is 41.8. The Morgan fingerprint density at radius 1 is 0.456 bits per heavy atom. The van der Waals surface area contributed by atoms with Crippen LogP contribution in [0, 0.1) is 0 Å². The minimum atomic E-state index is -0.381. The monoisotopic (exact) mass is 894 g/mol. The maximum atomic E-state index is 12.8. The molecule has 2 heterocycles. The second-order valence-electron chi connectivity index (χ2n) is 22.4. The Kier molecular flexibility index (Phi) is 11.0. The van der Waals surface area contributed by atoms with Gasteiger partial charge in [-0.25, -0.2) is 4.98 Å². The number of hydrogen-bond donors (Lipinski definition) is 1. The van der Waals surface area contributed by atoms with E-state index in [-0.39, 0.29) is 39.5 Å². The molecule has 0 atom stereocenters. The molecule has 0 radical (unpaired) electrons. The molecule has 0 saturated carbocycles. The van der Waals surface area contributed by atoms with Gasteiger partial charge in [0.1, 0.15) is 11.6 Å². The van der Waals surface area contributed by atoms with Crippen LogP contribution in [-0.4, -0.2) is 19.6 Å². The van der Waals surface area contributed by atoms with E-state index in [0.717, 1.165) is 77.9 Å². The first kappa shape index (κ1) is 43.5. The van der Waals surface area contributed by atoms with Crippen LogP contribution < -0.4 is 0 Å². The van der Waals surface area contributed by atoms with E-state index < -0.39 is 0 Å². The van der Waals surface area contributed by atoms with E-state index in [9.17, 15) is 6.48 Å². The summed E-state index contributed by atoms with van der Waals surface area (Å²) in [5.74, 6) is 0.848. The van der Waals surface area contributed by atoms with Crippen molar-refractivity contribution in [1.29, 1.82) is 0 Å². The lowest BCUT2D eigenvalue weighted by molar-refractivity contribution is 0.446. The average molecular weight is 894 g/mol. The van der Waals surface area contributed by atoms with Crippen LogP contribution in [0.5, 0.6) is 5.75 Å². The van der Waals surface area contributed by atoms with Crippen LogP contribution in [0.15, 0.2) is 170 Å². The highest BCUT2D eigenvalue weighted by atomic mass is 16.3. The zero-order valence-electron chi connectivity index (χ0n) is 43.8. The van der Waals surface area contributed by atoms with Gasteiger partial charge in [0, 0.05) is 34.0 Å². The summed E-state index contributed by atoms with van der Waals surface area (Å²) < 4.78 is 20.7. The lowest BCUT2D eigenvalue weighted by atomic mass is 9.78. The van der Waals surface area contributed by atoms with Gasteiger partial charge in [-0.05, 0) is 115 Å². The molecule has 0 fully saturated rings. The molecule has 9 aromatic rings. The Morgan fingerprint density at radius 2 is 0.956 bits per heavy atom. The number of phenolic OH excluding ortho intramolecular Hbond substituents is 1. The summed E-state index contributed by atoms with van der Waals surface area (Å²) in [6, 6.07) is 53.3. The summed E-state index contributed by atoms with van der Waals surface area (Å²) in [5, 5.41) is 12.8. The molecule has 4 heteroatoms. The maximum absolute atomic E-state index is 12.8. The lowest BCUT2D eigenvalue weighted by Gasteiger charge is -2.28. The fourth-order valence-corrected chi connectivity index (χ4v) is 9.14. The summed E-state index contributed by atoms with van der Waals surface area (Å²) in [6.07, 6.45) is 1.57. The summed E-state index contributed by atoms with van der Waals surface area (Å²) in [5.41, 5.74) is 15.2. The zero-order chi connectivity index (χ0) is 50.1. The Balaban J connectivity index is 1.45. The average Bonchev–Trinajstić information content (AvgIpc) is 3.70. The smallest absolute Gasteiger partial charge is 0.149 e. The van der Waals surface area contributed by atoms with Crippen molar-refractivity contribution in [1.82, 2.24) is 14.5 Å². The first-order chi connectivity index (χ1) is 33.0. The number of fused-ring (bicyclic) bond motifs is 1. The maximum Gasteiger partial charge on any atom is 0.149 e. The molecule has 1 N–H and O–H groups in total. The number of hydrogen-bond acceptors (Lipinski definition) is 3. The number of nitrogens with zero attached hydrogens (tertiary/aromatic N) is 3. The molecule has 9 rings (SSSR count). The van der Waals surface area contributed by atoms with Gasteiger partial charge < -0.3 is 5.11 Å². The van der Waals surface area contributed by atoms with Gasteiger partial charge >= 0.3 is 0 Å². The molecule has 0 amide bonds. The Hall–Kier alpha value is -7.04. The van der Waals surface area contributed by atoms with Gasteiger partial charge in [0.25, 0.3) is 0 Å². The largest absolute Gasteiger partial charge is 0.507 e. The predicted octanol–water partition coefficient (Wildman–Crippen LogP) is 17.3. The molecular weight excluding hydrogens is 827 g/mol. The van der Waals surface area contributed by atoms with Crippen molar-refractivity contribution in [2.75, 3.05) is 0 Å². The molecular formula is C64H65N3O. The normalized spacial score (nSPS) is 12.9. The molecule has 0 aliphatic carbocycles. The highest BCUT2D eigenvalue weighted by Crippen LogP contribution is 2.48. The number of para-hydroxylation sites is 1. The van der Waals surface area contributed by atoms with Crippen LogP contribution in [-0.2, 0) is 21.7 Å². The van der Waals surface area contributed by atoms with Gasteiger partial charge in [0.2, 0.25) is 0 Å². The van der Waals surface area contributed by atoms with Crippen LogP contribution in [0.3, 0.4) is 0 Å². The number of phenols is 1. The van der Waals surface area contributed by atoms with E-state index in [4.69, 9.17) is 11.3 Å². The third-order valence-electron chi connectivity index (χ3n) is 13.2. The van der Waals surface area contributed by atoms with Crippen molar-refractivity contribution in [3.8, 4) is 78.6 Å². The Bertz CT molecular complexity index is 3360. The summed E-state index contributed by atoms with van der Waals surface area (Å²) >= 11 is 0.